The SMILES string of the molecule is C[C@]12CCC3c4ccccc4CCC3C1CC[C@@]2(O)CCC1CCCCC1. The van der Waals surface area contributed by atoms with Gasteiger partial charge in [0.1, 0.15) is 0 Å². The van der Waals surface area contributed by atoms with E-state index in [-0.39, 0.29) is 5.41 Å². The van der Waals surface area contributed by atoms with Gasteiger partial charge < -0.3 is 5.11 Å². The lowest BCUT2D eigenvalue weighted by atomic mass is 9.52. The summed E-state index contributed by atoms with van der Waals surface area (Å²) < 4.78 is 0. The number of aliphatic hydroxyl groups is 1. The lowest BCUT2D eigenvalue weighted by Crippen LogP contribution is -2.51. The second kappa shape index (κ2) is 6.90. The van der Waals surface area contributed by atoms with Crippen LogP contribution in [0.5, 0.6) is 0 Å². The molecule has 3 fully saturated rings. The molecule has 0 bridgehead atoms. The molecular formula is C26H38O. The topological polar surface area (TPSA) is 20.2 Å². The summed E-state index contributed by atoms with van der Waals surface area (Å²) in [4.78, 5) is 0. The number of fused-ring (bicyclic) bond motifs is 5. The van der Waals surface area contributed by atoms with Crippen molar-refractivity contribution in [2.45, 2.75) is 102 Å². The molecule has 1 N–H and O–H groups in total. The van der Waals surface area contributed by atoms with Crippen molar-refractivity contribution in [1.82, 2.24) is 0 Å². The molecule has 0 radical (unpaired) electrons. The first-order valence-corrected chi connectivity index (χ1v) is 11.9. The van der Waals surface area contributed by atoms with Crippen LogP contribution in [0.25, 0.3) is 0 Å². The van der Waals surface area contributed by atoms with Crippen molar-refractivity contribution in [2.75, 3.05) is 0 Å². The van der Waals surface area contributed by atoms with Crippen LogP contribution in [0.15, 0.2) is 24.3 Å². The maximum atomic E-state index is 11.9. The molecule has 3 unspecified atom stereocenters. The smallest absolute Gasteiger partial charge is 0.0704 e. The van der Waals surface area contributed by atoms with Crippen molar-refractivity contribution in [2.24, 2.45) is 23.2 Å². The van der Waals surface area contributed by atoms with Crippen LogP contribution in [-0.4, -0.2) is 10.7 Å². The molecule has 0 heterocycles. The van der Waals surface area contributed by atoms with Gasteiger partial charge in [0.15, 0.2) is 0 Å². The van der Waals surface area contributed by atoms with Crippen molar-refractivity contribution >= 4 is 0 Å². The number of hydrogen-bond acceptors (Lipinski definition) is 1. The molecule has 4 aliphatic rings. The summed E-state index contributed by atoms with van der Waals surface area (Å²) in [5.74, 6) is 3.19. The molecule has 0 aromatic heterocycles. The van der Waals surface area contributed by atoms with Gasteiger partial charge in [0, 0.05) is 0 Å². The Balaban J connectivity index is 1.34. The summed E-state index contributed by atoms with van der Waals surface area (Å²) in [5, 5.41) is 11.9. The Kier molecular flexibility index (Phi) is 4.66. The monoisotopic (exact) mass is 366 g/mol. The second-order valence-electron chi connectivity index (χ2n) is 10.7. The van der Waals surface area contributed by atoms with Crippen LogP contribution in [0.2, 0.25) is 0 Å². The number of rotatable bonds is 3. The standard InChI is InChI=1S/C26H38O/c1-25-16-14-22-21-10-6-5-9-20(21)11-12-23(22)24(25)15-18-26(25,27)17-13-19-7-3-2-4-8-19/h5-6,9-10,19,22-24,27H,2-4,7-8,11-18H2,1H3/t22?,23?,24?,25-,26-/m0/s1. The van der Waals surface area contributed by atoms with E-state index in [0.717, 1.165) is 36.5 Å². The van der Waals surface area contributed by atoms with Crippen molar-refractivity contribution in [1.29, 1.82) is 0 Å². The molecule has 0 saturated heterocycles. The molecular weight excluding hydrogens is 328 g/mol. The highest BCUT2D eigenvalue weighted by Gasteiger charge is 2.61. The van der Waals surface area contributed by atoms with Gasteiger partial charge in [-0.2, -0.15) is 0 Å². The first-order valence-electron chi connectivity index (χ1n) is 11.9. The van der Waals surface area contributed by atoms with Crippen molar-refractivity contribution in [3.8, 4) is 0 Å². The maximum Gasteiger partial charge on any atom is 0.0704 e. The lowest BCUT2D eigenvalue weighted by Gasteiger charge is -2.53. The van der Waals surface area contributed by atoms with Crippen LogP contribution in [0.4, 0.5) is 0 Å². The third-order valence-corrected chi connectivity index (χ3v) is 9.65. The highest BCUT2D eigenvalue weighted by Crippen LogP contribution is 2.65. The molecule has 5 rings (SSSR count). The van der Waals surface area contributed by atoms with E-state index in [0.29, 0.717) is 0 Å². The molecule has 3 saturated carbocycles. The molecule has 0 amide bonds. The molecule has 0 spiro atoms. The fourth-order valence-electron chi connectivity index (χ4n) is 7.96. The van der Waals surface area contributed by atoms with Crippen molar-refractivity contribution in [3.05, 3.63) is 35.4 Å². The van der Waals surface area contributed by atoms with Gasteiger partial charge in [-0.25, -0.2) is 0 Å². The van der Waals surface area contributed by atoms with Gasteiger partial charge in [0.2, 0.25) is 0 Å². The quantitative estimate of drug-likeness (QED) is 0.636. The Morgan fingerprint density at radius 1 is 0.963 bits per heavy atom. The highest BCUT2D eigenvalue weighted by atomic mass is 16.3. The molecule has 1 nitrogen and oxygen atoms in total. The van der Waals surface area contributed by atoms with Gasteiger partial charge >= 0.3 is 0 Å². The van der Waals surface area contributed by atoms with E-state index >= 15 is 0 Å². The van der Waals surface area contributed by atoms with Crippen LogP contribution in [-0.2, 0) is 6.42 Å². The molecule has 1 aromatic rings. The third kappa shape index (κ3) is 2.91. The molecule has 148 valence electrons. The molecule has 1 heteroatoms. The number of benzene rings is 1. The zero-order chi connectivity index (χ0) is 18.5. The number of hydrogen-bond donors (Lipinski definition) is 1. The zero-order valence-electron chi connectivity index (χ0n) is 17.3. The van der Waals surface area contributed by atoms with Crippen LogP contribution in [0, 0.1) is 23.2 Å². The predicted molar refractivity (Wildman–Crippen MR) is 112 cm³/mol. The summed E-state index contributed by atoms with van der Waals surface area (Å²) in [6, 6.07) is 9.21. The van der Waals surface area contributed by atoms with Gasteiger partial charge in [0.25, 0.3) is 0 Å². The van der Waals surface area contributed by atoms with Gasteiger partial charge in [-0.3, -0.25) is 0 Å². The van der Waals surface area contributed by atoms with Crippen molar-refractivity contribution < 1.29 is 5.11 Å². The first-order chi connectivity index (χ1) is 13.1. The molecule has 0 aliphatic heterocycles. The highest BCUT2D eigenvalue weighted by molar-refractivity contribution is 5.35. The molecule has 1 aromatic carbocycles. The van der Waals surface area contributed by atoms with Crippen LogP contribution < -0.4 is 0 Å². The van der Waals surface area contributed by atoms with Crippen LogP contribution in [0.1, 0.15) is 101 Å². The molecule has 4 aliphatic carbocycles. The largest absolute Gasteiger partial charge is 0.389 e. The third-order valence-electron chi connectivity index (χ3n) is 9.65. The Hall–Kier alpha value is -0.820. The van der Waals surface area contributed by atoms with E-state index in [1.165, 1.54) is 70.6 Å². The normalized spacial score (nSPS) is 41.6. The average Bonchev–Trinajstić information content (AvgIpc) is 2.98. The minimum atomic E-state index is -0.392. The van der Waals surface area contributed by atoms with Crippen LogP contribution in [0.3, 0.4) is 0 Å². The van der Waals surface area contributed by atoms with Gasteiger partial charge in [-0.1, -0.05) is 63.3 Å². The number of aryl methyl sites for hydroxylation is 1. The van der Waals surface area contributed by atoms with E-state index < -0.39 is 5.60 Å². The van der Waals surface area contributed by atoms with E-state index in [2.05, 4.69) is 31.2 Å². The predicted octanol–water partition coefficient (Wildman–Crippen LogP) is 6.63. The first kappa shape index (κ1) is 18.2. The van der Waals surface area contributed by atoms with Gasteiger partial charge in [-0.15, -0.1) is 0 Å². The summed E-state index contributed by atoms with van der Waals surface area (Å²) in [6.07, 6.45) is 16.9. The lowest BCUT2D eigenvalue weighted by molar-refractivity contribution is -0.110. The molecule has 27 heavy (non-hydrogen) atoms. The summed E-state index contributed by atoms with van der Waals surface area (Å²) in [6.45, 7) is 2.47. The Labute approximate surface area is 166 Å². The van der Waals surface area contributed by atoms with E-state index in [4.69, 9.17) is 0 Å². The zero-order valence-corrected chi connectivity index (χ0v) is 17.3. The fourth-order valence-corrected chi connectivity index (χ4v) is 7.96. The minimum absolute atomic E-state index is 0.162. The van der Waals surface area contributed by atoms with Crippen LogP contribution >= 0.6 is 0 Å². The minimum Gasteiger partial charge on any atom is -0.389 e. The fraction of sp³-hybridized carbons (Fsp3) is 0.769. The van der Waals surface area contributed by atoms with Crippen molar-refractivity contribution in [3.63, 3.8) is 0 Å². The van der Waals surface area contributed by atoms with E-state index in [9.17, 15) is 5.11 Å². The van der Waals surface area contributed by atoms with Gasteiger partial charge in [-0.05, 0) is 91.6 Å². The Morgan fingerprint density at radius 3 is 2.63 bits per heavy atom. The second-order valence-corrected chi connectivity index (χ2v) is 10.7. The van der Waals surface area contributed by atoms with E-state index in [1.807, 2.05) is 0 Å². The average molecular weight is 367 g/mol. The summed E-state index contributed by atoms with van der Waals surface area (Å²) >= 11 is 0. The van der Waals surface area contributed by atoms with Gasteiger partial charge in [0.05, 0.1) is 5.60 Å². The molecule has 5 atom stereocenters. The summed E-state index contributed by atoms with van der Waals surface area (Å²) in [5.41, 5.74) is 3.02. The Bertz CT molecular complexity index is 675. The maximum absolute atomic E-state index is 11.9. The summed E-state index contributed by atoms with van der Waals surface area (Å²) in [7, 11) is 0. The van der Waals surface area contributed by atoms with E-state index in [1.54, 1.807) is 11.1 Å². The Morgan fingerprint density at radius 2 is 1.78 bits per heavy atom.